The summed E-state index contributed by atoms with van der Waals surface area (Å²) < 4.78 is 13.0. The van der Waals surface area contributed by atoms with E-state index in [1.165, 1.54) is 12.1 Å². The summed E-state index contributed by atoms with van der Waals surface area (Å²) in [6, 6.07) is 16.0. The summed E-state index contributed by atoms with van der Waals surface area (Å²) >= 11 is 7.60. The van der Waals surface area contributed by atoms with Gasteiger partial charge in [-0.25, -0.2) is 14.4 Å². The lowest BCUT2D eigenvalue weighted by Crippen LogP contribution is -1.87. The lowest BCUT2D eigenvalue weighted by atomic mass is 10.2. The van der Waals surface area contributed by atoms with Crippen molar-refractivity contribution in [1.29, 1.82) is 0 Å². The molecule has 2 heterocycles. The van der Waals surface area contributed by atoms with E-state index in [-0.39, 0.29) is 5.82 Å². The Labute approximate surface area is 141 Å². The van der Waals surface area contributed by atoms with E-state index in [1.54, 1.807) is 29.7 Å². The van der Waals surface area contributed by atoms with Gasteiger partial charge in [0, 0.05) is 21.5 Å². The van der Waals surface area contributed by atoms with Crippen molar-refractivity contribution >= 4 is 33.8 Å². The fraction of sp³-hybridized carbons (Fsp3) is 0. The largest absolute Gasteiger partial charge is 0.235 e. The average molecular weight is 341 g/mol. The molecular weight excluding hydrogens is 331 g/mol. The Morgan fingerprint density at radius 2 is 1.70 bits per heavy atom. The summed E-state index contributed by atoms with van der Waals surface area (Å²) in [6.45, 7) is 0. The minimum Gasteiger partial charge on any atom is -0.235 e. The van der Waals surface area contributed by atoms with Gasteiger partial charge in [-0.1, -0.05) is 23.7 Å². The number of nitrogens with zero attached hydrogens (tertiary/aromatic N) is 2. The van der Waals surface area contributed by atoms with Gasteiger partial charge in [0.2, 0.25) is 0 Å². The van der Waals surface area contributed by atoms with Crippen LogP contribution >= 0.6 is 22.9 Å². The van der Waals surface area contributed by atoms with Crippen LogP contribution in [0.1, 0.15) is 0 Å². The molecule has 4 rings (SSSR count). The molecule has 0 aliphatic carbocycles. The van der Waals surface area contributed by atoms with Gasteiger partial charge in [-0.2, -0.15) is 0 Å². The summed E-state index contributed by atoms with van der Waals surface area (Å²) in [7, 11) is 0. The number of thiophene rings is 1. The molecule has 112 valence electrons. The molecule has 0 unspecified atom stereocenters. The summed E-state index contributed by atoms with van der Waals surface area (Å²) in [4.78, 5) is 11.0. The Morgan fingerprint density at radius 1 is 0.913 bits per heavy atom. The van der Waals surface area contributed by atoms with Crippen LogP contribution in [0.25, 0.3) is 32.0 Å². The molecule has 2 nitrogen and oxygen atoms in total. The topological polar surface area (TPSA) is 25.8 Å². The molecule has 2 aromatic heterocycles. The zero-order valence-corrected chi connectivity index (χ0v) is 13.4. The number of hydrogen-bond donors (Lipinski definition) is 0. The molecule has 0 saturated heterocycles. The molecule has 2 aromatic carbocycles. The maximum Gasteiger partial charge on any atom is 0.170 e. The second-order valence-electron chi connectivity index (χ2n) is 5.07. The second-order valence-corrected chi connectivity index (χ2v) is 6.59. The van der Waals surface area contributed by atoms with Gasteiger partial charge in [-0.15, -0.1) is 11.3 Å². The highest BCUT2D eigenvalue weighted by Gasteiger charge is 2.08. The summed E-state index contributed by atoms with van der Waals surface area (Å²) in [6.07, 6.45) is 1.80. The molecule has 0 N–H and O–H groups in total. The highest BCUT2D eigenvalue weighted by Crippen LogP contribution is 2.33. The van der Waals surface area contributed by atoms with Crippen molar-refractivity contribution in [3.63, 3.8) is 0 Å². The first kappa shape index (κ1) is 14.3. The van der Waals surface area contributed by atoms with Crippen LogP contribution in [0.4, 0.5) is 4.39 Å². The molecule has 0 radical (unpaired) electrons. The molecular formula is C18H10ClFN2S. The van der Waals surface area contributed by atoms with E-state index in [1.807, 2.05) is 30.3 Å². The fourth-order valence-corrected chi connectivity index (χ4v) is 3.46. The maximum atomic E-state index is 13.0. The average Bonchev–Trinajstić information content (AvgIpc) is 3.05. The summed E-state index contributed by atoms with van der Waals surface area (Å²) in [5, 5.41) is 1.61. The Hall–Kier alpha value is -2.30. The highest BCUT2D eigenvalue weighted by molar-refractivity contribution is 7.18. The van der Waals surface area contributed by atoms with E-state index in [0.717, 1.165) is 26.2 Å². The van der Waals surface area contributed by atoms with Crippen LogP contribution in [0, 0.1) is 5.82 Å². The summed E-state index contributed by atoms with van der Waals surface area (Å²) in [5.74, 6) is 0.429. The van der Waals surface area contributed by atoms with Gasteiger partial charge in [0.25, 0.3) is 0 Å². The SMILES string of the molecule is Fc1ccc(-c2ccc(-c3ncc4ccc(Cl)cc4n3)s2)cc1. The Balaban J connectivity index is 1.75. The van der Waals surface area contributed by atoms with Crippen molar-refractivity contribution in [2.75, 3.05) is 0 Å². The quantitative estimate of drug-likeness (QED) is 0.459. The van der Waals surface area contributed by atoms with E-state index in [9.17, 15) is 4.39 Å². The van der Waals surface area contributed by atoms with Crippen molar-refractivity contribution < 1.29 is 4.39 Å². The fourth-order valence-electron chi connectivity index (χ4n) is 2.34. The van der Waals surface area contributed by atoms with Gasteiger partial charge in [-0.3, -0.25) is 0 Å². The molecule has 0 fully saturated rings. The van der Waals surface area contributed by atoms with E-state index in [0.29, 0.717) is 10.8 Å². The molecule has 0 saturated carbocycles. The zero-order chi connectivity index (χ0) is 15.8. The van der Waals surface area contributed by atoms with E-state index < -0.39 is 0 Å². The normalized spacial score (nSPS) is 11.0. The van der Waals surface area contributed by atoms with Crippen LogP contribution in [-0.4, -0.2) is 9.97 Å². The molecule has 0 aliphatic rings. The first-order valence-electron chi connectivity index (χ1n) is 6.97. The lowest BCUT2D eigenvalue weighted by Gasteiger charge is -2.00. The van der Waals surface area contributed by atoms with Crippen LogP contribution in [0.3, 0.4) is 0 Å². The van der Waals surface area contributed by atoms with Gasteiger partial charge in [0.15, 0.2) is 5.82 Å². The standard InChI is InChI=1S/C18H10ClFN2S/c19-13-4-1-12-10-21-18(22-15(12)9-13)17-8-7-16(23-17)11-2-5-14(20)6-3-11/h1-10H. The van der Waals surface area contributed by atoms with Crippen LogP contribution in [-0.2, 0) is 0 Å². The second kappa shape index (κ2) is 5.72. The van der Waals surface area contributed by atoms with Crippen molar-refractivity contribution in [3.05, 3.63) is 71.6 Å². The summed E-state index contributed by atoms with van der Waals surface area (Å²) in [5.41, 5.74) is 1.80. The van der Waals surface area contributed by atoms with E-state index >= 15 is 0 Å². The number of rotatable bonds is 2. The first-order valence-corrected chi connectivity index (χ1v) is 8.17. The van der Waals surface area contributed by atoms with Gasteiger partial charge in [0.1, 0.15) is 5.82 Å². The molecule has 0 atom stereocenters. The third-order valence-electron chi connectivity index (χ3n) is 3.50. The molecule has 0 bridgehead atoms. The minimum atomic E-state index is -0.236. The Morgan fingerprint density at radius 3 is 2.52 bits per heavy atom. The van der Waals surface area contributed by atoms with Crippen LogP contribution < -0.4 is 0 Å². The van der Waals surface area contributed by atoms with Crippen molar-refractivity contribution in [2.45, 2.75) is 0 Å². The molecule has 5 heteroatoms. The number of benzene rings is 2. The number of halogens is 2. The number of hydrogen-bond acceptors (Lipinski definition) is 3. The third-order valence-corrected chi connectivity index (χ3v) is 4.87. The Bertz CT molecular complexity index is 996. The van der Waals surface area contributed by atoms with Crippen LogP contribution in [0.15, 0.2) is 60.8 Å². The minimum absolute atomic E-state index is 0.236. The van der Waals surface area contributed by atoms with Gasteiger partial charge in [0.05, 0.1) is 10.4 Å². The number of fused-ring (bicyclic) bond motifs is 1. The predicted octanol–water partition coefficient (Wildman–Crippen LogP) is 5.82. The first-order chi connectivity index (χ1) is 11.2. The van der Waals surface area contributed by atoms with Gasteiger partial charge < -0.3 is 0 Å². The molecule has 0 amide bonds. The Kier molecular flexibility index (Phi) is 3.56. The van der Waals surface area contributed by atoms with Crippen molar-refractivity contribution in [3.8, 4) is 21.1 Å². The molecule has 0 spiro atoms. The smallest absolute Gasteiger partial charge is 0.170 e. The zero-order valence-electron chi connectivity index (χ0n) is 11.8. The lowest BCUT2D eigenvalue weighted by molar-refractivity contribution is 0.628. The monoisotopic (exact) mass is 340 g/mol. The van der Waals surface area contributed by atoms with E-state index in [2.05, 4.69) is 9.97 Å². The molecule has 0 aliphatic heterocycles. The van der Waals surface area contributed by atoms with Gasteiger partial charge >= 0.3 is 0 Å². The highest BCUT2D eigenvalue weighted by atomic mass is 35.5. The van der Waals surface area contributed by atoms with Gasteiger partial charge in [-0.05, 0) is 48.0 Å². The van der Waals surface area contributed by atoms with Crippen molar-refractivity contribution in [1.82, 2.24) is 9.97 Å². The van der Waals surface area contributed by atoms with Crippen molar-refractivity contribution in [2.24, 2.45) is 0 Å². The third kappa shape index (κ3) is 2.83. The predicted molar refractivity (Wildman–Crippen MR) is 93.3 cm³/mol. The molecule has 4 aromatic rings. The number of aromatic nitrogens is 2. The van der Waals surface area contributed by atoms with E-state index in [4.69, 9.17) is 11.6 Å². The maximum absolute atomic E-state index is 13.0. The van der Waals surface area contributed by atoms with Crippen LogP contribution in [0.5, 0.6) is 0 Å². The van der Waals surface area contributed by atoms with Crippen LogP contribution in [0.2, 0.25) is 5.02 Å². The molecule has 23 heavy (non-hydrogen) atoms.